The predicted octanol–water partition coefficient (Wildman–Crippen LogP) is 2.73. The summed E-state index contributed by atoms with van der Waals surface area (Å²) in [6, 6.07) is 3.98. The highest BCUT2D eigenvalue weighted by Gasteiger charge is 2.50. The monoisotopic (exact) mass is 320 g/mol. The van der Waals surface area contributed by atoms with Crippen LogP contribution in [0.15, 0.2) is 24.5 Å². The fourth-order valence-corrected chi connectivity index (χ4v) is 4.68. The number of carbonyl (C=O) groups excluding carboxylic acids is 1. The van der Waals surface area contributed by atoms with Crippen LogP contribution in [0.1, 0.15) is 32.3 Å². The van der Waals surface area contributed by atoms with E-state index in [4.69, 9.17) is 4.74 Å². The molecule has 0 bridgehead atoms. The molecule has 5 heteroatoms. The van der Waals surface area contributed by atoms with Gasteiger partial charge in [0.15, 0.2) is 0 Å². The second kappa shape index (κ2) is 6.59. The summed E-state index contributed by atoms with van der Waals surface area (Å²) in [5.74, 6) is 1.78. The van der Waals surface area contributed by atoms with E-state index < -0.39 is 0 Å². The fraction of sp³-hybridized carbons (Fsp3) is 0.647. The van der Waals surface area contributed by atoms with Gasteiger partial charge in [0, 0.05) is 37.7 Å². The number of thioether (sulfide) groups is 1. The fourth-order valence-electron chi connectivity index (χ4n) is 3.13. The average Bonchev–Trinajstić information content (AvgIpc) is 2.88. The minimum atomic E-state index is 0.256. The highest BCUT2D eigenvalue weighted by molar-refractivity contribution is 8.01. The minimum absolute atomic E-state index is 0.256. The first-order valence-corrected chi connectivity index (χ1v) is 8.97. The smallest absolute Gasteiger partial charge is 0.222 e. The topological polar surface area (TPSA) is 42.4 Å². The van der Waals surface area contributed by atoms with Gasteiger partial charge in [-0.1, -0.05) is 19.9 Å². The molecule has 3 heterocycles. The number of rotatable bonds is 5. The molecule has 4 nitrogen and oxygen atoms in total. The molecule has 1 unspecified atom stereocenters. The molecule has 0 aliphatic carbocycles. The molecule has 1 amide bonds. The van der Waals surface area contributed by atoms with E-state index in [1.54, 1.807) is 6.20 Å². The number of amides is 1. The molecule has 1 spiro atoms. The SMILES string of the molecule is CC(C)CC(=O)N1CC2(CC(OCc3cccnc3)CS2)C1. The molecule has 0 radical (unpaired) electrons. The molecule has 22 heavy (non-hydrogen) atoms. The van der Waals surface area contributed by atoms with Gasteiger partial charge in [-0.25, -0.2) is 0 Å². The second-order valence-corrected chi connectivity index (χ2v) is 8.33. The minimum Gasteiger partial charge on any atom is -0.373 e. The van der Waals surface area contributed by atoms with Gasteiger partial charge >= 0.3 is 0 Å². The Morgan fingerprint density at radius 1 is 1.55 bits per heavy atom. The van der Waals surface area contributed by atoms with E-state index in [1.165, 1.54) is 0 Å². The third kappa shape index (κ3) is 3.63. The molecule has 2 fully saturated rings. The maximum atomic E-state index is 12.0. The van der Waals surface area contributed by atoms with Crippen molar-refractivity contribution in [3.8, 4) is 0 Å². The van der Waals surface area contributed by atoms with Crippen molar-refractivity contribution in [2.75, 3.05) is 18.8 Å². The summed E-state index contributed by atoms with van der Waals surface area (Å²) in [5, 5.41) is 0. The first-order chi connectivity index (χ1) is 10.6. The molecule has 2 aliphatic rings. The van der Waals surface area contributed by atoms with Crippen molar-refractivity contribution in [1.82, 2.24) is 9.88 Å². The van der Waals surface area contributed by atoms with Crippen LogP contribution in [0, 0.1) is 5.92 Å². The summed E-state index contributed by atoms with van der Waals surface area (Å²) >= 11 is 1.98. The molecule has 0 aromatic carbocycles. The normalized spacial score (nSPS) is 23.0. The van der Waals surface area contributed by atoms with Gasteiger partial charge in [0.1, 0.15) is 0 Å². The summed E-state index contributed by atoms with van der Waals surface area (Å²) in [6.45, 7) is 6.62. The Morgan fingerprint density at radius 3 is 3.05 bits per heavy atom. The quantitative estimate of drug-likeness (QED) is 0.836. The van der Waals surface area contributed by atoms with Crippen LogP contribution < -0.4 is 0 Å². The van der Waals surface area contributed by atoms with E-state index >= 15 is 0 Å². The Labute approximate surface area is 136 Å². The van der Waals surface area contributed by atoms with Crippen LogP contribution in [0.4, 0.5) is 0 Å². The number of aromatic nitrogens is 1. The average molecular weight is 320 g/mol. The third-order valence-electron chi connectivity index (χ3n) is 4.28. The first kappa shape index (κ1) is 15.8. The van der Waals surface area contributed by atoms with Gasteiger partial charge in [-0.15, -0.1) is 11.8 Å². The van der Waals surface area contributed by atoms with E-state index in [0.717, 1.165) is 30.8 Å². The van der Waals surface area contributed by atoms with Crippen LogP contribution in [0.25, 0.3) is 0 Å². The van der Waals surface area contributed by atoms with Crippen LogP contribution in [-0.2, 0) is 16.1 Å². The van der Waals surface area contributed by atoms with E-state index in [0.29, 0.717) is 31.0 Å². The molecular formula is C17H24N2O2S. The molecule has 1 atom stereocenters. The Bertz CT molecular complexity index is 515. The van der Waals surface area contributed by atoms with Crippen LogP contribution in [0.5, 0.6) is 0 Å². The van der Waals surface area contributed by atoms with Crippen LogP contribution in [0.3, 0.4) is 0 Å². The van der Waals surface area contributed by atoms with Gasteiger partial charge in [-0.05, 0) is 24.0 Å². The van der Waals surface area contributed by atoms with Gasteiger partial charge in [0.25, 0.3) is 0 Å². The van der Waals surface area contributed by atoms with Crippen molar-refractivity contribution in [1.29, 1.82) is 0 Å². The number of hydrogen-bond acceptors (Lipinski definition) is 4. The number of likely N-dealkylation sites (tertiary alicyclic amines) is 1. The predicted molar refractivity (Wildman–Crippen MR) is 88.7 cm³/mol. The summed E-state index contributed by atoms with van der Waals surface area (Å²) in [5.41, 5.74) is 1.12. The van der Waals surface area contributed by atoms with Crippen molar-refractivity contribution in [3.63, 3.8) is 0 Å². The number of ether oxygens (including phenoxy) is 1. The number of carbonyl (C=O) groups is 1. The highest BCUT2D eigenvalue weighted by Crippen LogP contribution is 2.46. The van der Waals surface area contributed by atoms with Crippen LogP contribution in [-0.4, -0.2) is 45.5 Å². The first-order valence-electron chi connectivity index (χ1n) is 7.98. The highest BCUT2D eigenvalue weighted by atomic mass is 32.2. The lowest BCUT2D eigenvalue weighted by atomic mass is 9.92. The van der Waals surface area contributed by atoms with Gasteiger partial charge in [-0.2, -0.15) is 0 Å². The van der Waals surface area contributed by atoms with Gasteiger partial charge < -0.3 is 9.64 Å². The summed E-state index contributed by atoms with van der Waals surface area (Å²) in [4.78, 5) is 18.2. The number of nitrogens with zero attached hydrogens (tertiary/aromatic N) is 2. The van der Waals surface area contributed by atoms with Crippen LogP contribution in [0.2, 0.25) is 0 Å². The van der Waals surface area contributed by atoms with Crippen molar-refractivity contribution in [2.24, 2.45) is 5.92 Å². The molecule has 2 aliphatic heterocycles. The lowest BCUT2D eigenvalue weighted by Gasteiger charge is -2.47. The van der Waals surface area contributed by atoms with Gasteiger partial charge in [0.2, 0.25) is 5.91 Å². The van der Waals surface area contributed by atoms with Gasteiger partial charge in [0.05, 0.1) is 17.5 Å². The largest absolute Gasteiger partial charge is 0.373 e. The number of pyridine rings is 1. The Hall–Kier alpha value is -1.07. The van der Waals surface area contributed by atoms with Crippen molar-refractivity contribution in [3.05, 3.63) is 30.1 Å². The molecule has 0 N–H and O–H groups in total. The zero-order valence-electron chi connectivity index (χ0n) is 13.3. The molecule has 0 saturated carbocycles. The van der Waals surface area contributed by atoms with Crippen LogP contribution >= 0.6 is 11.8 Å². The third-order valence-corrected chi connectivity index (χ3v) is 5.85. The van der Waals surface area contributed by atoms with E-state index in [9.17, 15) is 4.79 Å². The van der Waals surface area contributed by atoms with Crippen molar-refractivity contribution >= 4 is 17.7 Å². The van der Waals surface area contributed by atoms with Gasteiger partial charge in [-0.3, -0.25) is 9.78 Å². The standard InChI is InChI=1S/C17H24N2O2S/c1-13(2)6-16(20)19-11-17(12-19)7-15(10-22-17)21-9-14-4-3-5-18-8-14/h3-5,8,13,15H,6-7,9-12H2,1-2H3. The summed E-state index contributed by atoms with van der Waals surface area (Å²) < 4.78 is 6.27. The van der Waals surface area contributed by atoms with E-state index in [1.807, 2.05) is 35.0 Å². The zero-order chi connectivity index (χ0) is 15.6. The summed E-state index contributed by atoms with van der Waals surface area (Å²) in [7, 11) is 0. The number of hydrogen-bond donors (Lipinski definition) is 0. The molecule has 120 valence electrons. The molecular weight excluding hydrogens is 296 g/mol. The van der Waals surface area contributed by atoms with Crippen molar-refractivity contribution < 1.29 is 9.53 Å². The molecule has 3 rings (SSSR count). The summed E-state index contributed by atoms with van der Waals surface area (Å²) in [6.07, 6.45) is 5.66. The maximum absolute atomic E-state index is 12.0. The Morgan fingerprint density at radius 2 is 2.36 bits per heavy atom. The van der Waals surface area contributed by atoms with E-state index in [2.05, 4.69) is 18.8 Å². The zero-order valence-corrected chi connectivity index (χ0v) is 14.1. The van der Waals surface area contributed by atoms with Crippen molar-refractivity contribution in [2.45, 2.75) is 44.1 Å². The molecule has 2 saturated heterocycles. The lowest BCUT2D eigenvalue weighted by molar-refractivity contribution is -0.137. The maximum Gasteiger partial charge on any atom is 0.222 e. The lowest BCUT2D eigenvalue weighted by Crippen LogP contribution is -2.60. The molecule has 1 aromatic heterocycles. The Kier molecular flexibility index (Phi) is 4.73. The van der Waals surface area contributed by atoms with E-state index in [-0.39, 0.29) is 4.75 Å². The Balaban J connectivity index is 1.43. The molecule has 1 aromatic rings. The second-order valence-electron chi connectivity index (χ2n) is 6.84.